The molecule has 1 amide bonds. The number of H-pyrrole nitrogens is 1. The number of nitro benzene ring substituents is 1. The molecule has 0 saturated heterocycles. The summed E-state index contributed by atoms with van der Waals surface area (Å²) in [6.07, 6.45) is 2.73. The van der Waals surface area contributed by atoms with Crippen molar-refractivity contribution in [3.63, 3.8) is 0 Å². The van der Waals surface area contributed by atoms with Crippen molar-refractivity contribution < 1.29 is 14.1 Å². The SMILES string of the molecule is CSCC[C@@H](NC(=O)c1ccc(-c2ccc([N+](=O)[O-])cc2)o1)c1nc2ccccc2[nH]1. The monoisotopic (exact) mass is 436 g/mol. The van der Waals surface area contributed by atoms with Gasteiger partial charge < -0.3 is 14.7 Å². The van der Waals surface area contributed by atoms with Gasteiger partial charge in [-0.2, -0.15) is 11.8 Å². The number of fused-ring (bicyclic) bond motifs is 1. The second kappa shape index (κ2) is 9.05. The van der Waals surface area contributed by atoms with E-state index >= 15 is 0 Å². The summed E-state index contributed by atoms with van der Waals surface area (Å²) in [6, 6.07) is 16.7. The number of hydrogen-bond donors (Lipinski definition) is 2. The number of nitrogens with zero attached hydrogens (tertiary/aromatic N) is 2. The zero-order valence-electron chi connectivity index (χ0n) is 16.7. The van der Waals surface area contributed by atoms with Gasteiger partial charge in [0.15, 0.2) is 5.76 Å². The largest absolute Gasteiger partial charge is 0.451 e. The molecule has 9 heteroatoms. The Morgan fingerprint density at radius 3 is 2.68 bits per heavy atom. The van der Waals surface area contributed by atoms with Crippen molar-refractivity contribution in [2.24, 2.45) is 0 Å². The van der Waals surface area contributed by atoms with E-state index in [-0.39, 0.29) is 23.4 Å². The fourth-order valence-electron chi connectivity index (χ4n) is 3.24. The Hall–Kier alpha value is -3.59. The van der Waals surface area contributed by atoms with Crippen molar-refractivity contribution in [3.05, 3.63) is 82.4 Å². The first kappa shape index (κ1) is 20.7. The molecule has 2 heterocycles. The lowest BCUT2D eigenvalue weighted by molar-refractivity contribution is -0.384. The molecular formula is C22H20N4O4S. The van der Waals surface area contributed by atoms with Gasteiger partial charge in [0.05, 0.1) is 22.0 Å². The molecule has 0 saturated carbocycles. The minimum absolute atomic E-state index is 0.00394. The second-order valence-electron chi connectivity index (χ2n) is 6.91. The Labute approximate surface area is 182 Å². The third kappa shape index (κ3) is 4.61. The molecule has 0 unspecified atom stereocenters. The normalized spacial score (nSPS) is 12.0. The quantitative estimate of drug-likeness (QED) is 0.298. The van der Waals surface area contributed by atoms with Crippen molar-refractivity contribution in [1.29, 1.82) is 0 Å². The molecule has 8 nitrogen and oxygen atoms in total. The van der Waals surface area contributed by atoms with Gasteiger partial charge in [-0.05, 0) is 54.8 Å². The van der Waals surface area contributed by atoms with E-state index in [1.54, 1.807) is 36.0 Å². The molecule has 0 fully saturated rings. The van der Waals surface area contributed by atoms with Gasteiger partial charge in [0.1, 0.15) is 11.6 Å². The minimum Gasteiger partial charge on any atom is -0.451 e. The summed E-state index contributed by atoms with van der Waals surface area (Å²) in [6.45, 7) is 0. The van der Waals surface area contributed by atoms with E-state index < -0.39 is 4.92 Å². The highest BCUT2D eigenvalue weighted by Gasteiger charge is 2.21. The van der Waals surface area contributed by atoms with Gasteiger partial charge in [0.2, 0.25) is 0 Å². The van der Waals surface area contributed by atoms with E-state index in [0.717, 1.165) is 16.8 Å². The van der Waals surface area contributed by atoms with Crippen LogP contribution in [0, 0.1) is 10.1 Å². The topological polar surface area (TPSA) is 114 Å². The van der Waals surface area contributed by atoms with E-state index in [4.69, 9.17) is 4.42 Å². The summed E-state index contributed by atoms with van der Waals surface area (Å²) in [7, 11) is 0. The lowest BCUT2D eigenvalue weighted by Gasteiger charge is -2.15. The summed E-state index contributed by atoms with van der Waals surface area (Å²) in [5.74, 6) is 1.84. The number of aromatic amines is 1. The van der Waals surface area contributed by atoms with Crippen molar-refractivity contribution in [2.45, 2.75) is 12.5 Å². The third-order valence-electron chi connectivity index (χ3n) is 4.85. The Kier molecular flexibility index (Phi) is 6.03. The van der Waals surface area contributed by atoms with Crippen molar-refractivity contribution in [1.82, 2.24) is 15.3 Å². The van der Waals surface area contributed by atoms with Crippen LogP contribution in [0.1, 0.15) is 28.8 Å². The number of carbonyl (C=O) groups excluding carboxylic acids is 1. The van der Waals surface area contributed by atoms with Gasteiger partial charge >= 0.3 is 0 Å². The van der Waals surface area contributed by atoms with Crippen LogP contribution in [-0.4, -0.2) is 32.8 Å². The van der Waals surface area contributed by atoms with Gasteiger partial charge in [0.25, 0.3) is 11.6 Å². The van der Waals surface area contributed by atoms with E-state index in [0.29, 0.717) is 23.6 Å². The van der Waals surface area contributed by atoms with Crippen LogP contribution < -0.4 is 5.32 Å². The number of amides is 1. The number of nitrogens with one attached hydrogen (secondary N) is 2. The third-order valence-corrected chi connectivity index (χ3v) is 5.49. The predicted molar refractivity (Wildman–Crippen MR) is 120 cm³/mol. The van der Waals surface area contributed by atoms with E-state index in [9.17, 15) is 14.9 Å². The Bertz CT molecular complexity index is 1180. The van der Waals surface area contributed by atoms with E-state index in [2.05, 4.69) is 15.3 Å². The van der Waals surface area contributed by atoms with Crippen LogP contribution in [0.3, 0.4) is 0 Å². The van der Waals surface area contributed by atoms with Gasteiger partial charge in [-0.15, -0.1) is 0 Å². The highest BCUT2D eigenvalue weighted by Crippen LogP contribution is 2.26. The van der Waals surface area contributed by atoms with Crippen LogP contribution in [0.2, 0.25) is 0 Å². The Morgan fingerprint density at radius 1 is 1.19 bits per heavy atom. The van der Waals surface area contributed by atoms with Gasteiger partial charge in [-0.1, -0.05) is 12.1 Å². The molecule has 4 rings (SSSR count). The van der Waals surface area contributed by atoms with Crippen LogP contribution in [-0.2, 0) is 0 Å². The molecule has 4 aromatic rings. The Morgan fingerprint density at radius 2 is 1.97 bits per heavy atom. The molecule has 31 heavy (non-hydrogen) atoms. The highest BCUT2D eigenvalue weighted by atomic mass is 32.2. The van der Waals surface area contributed by atoms with Crippen LogP contribution >= 0.6 is 11.8 Å². The summed E-state index contributed by atoms with van der Waals surface area (Å²) in [4.78, 5) is 31.1. The van der Waals surface area contributed by atoms with Gasteiger partial charge in [-0.25, -0.2) is 4.98 Å². The first-order valence-electron chi connectivity index (χ1n) is 9.64. The average Bonchev–Trinajstić information content (AvgIpc) is 3.44. The molecule has 158 valence electrons. The number of imidazole rings is 1. The van der Waals surface area contributed by atoms with E-state index in [1.165, 1.54) is 12.1 Å². The maximum atomic E-state index is 12.9. The lowest BCUT2D eigenvalue weighted by Crippen LogP contribution is -2.29. The number of aromatic nitrogens is 2. The molecule has 2 aromatic heterocycles. The predicted octanol–water partition coefficient (Wildman–Crippen LogP) is 4.96. The maximum absolute atomic E-state index is 12.9. The fourth-order valence-corrected chi connectivity index (χ4v) is 3.71. The van der Waals surface area contributed by atoms with Gasteiger partial charge in [0, 0.05) is 17.7 Å². The zero-order valence-corrected chi connectivity index (χ0v) is 17.5. The second-order valence-corrected chi connectivity index (χ2v) is 7.90. The van der Waals surface area contributed by atoms with Gasteiger partial charge in [-0.3, -0.25) is 14.9 Å². The maximum Gasteiger partial charge on any atom is 0.287 e. The molecule has 0 aliphatic heterocycles. The first-order chi connectivity index (χ1) is 15.0. The number of benzene rings is 2. The summed E-state index contributed by atoms with van der Waals surface area (Å²) < 4.78 is 5.71. The van der Waals surface area contributed by atoms with Crippen LogP contribution in [0.25, 0.3) is 22.4 Å². The van der Waals surface area contributed by atoms with Crippen molar-refractivity contribution >= 4 is 34.4 Å². The molecule has 0 aliphatic rings. The number of para-hydroxylation sites is 2. The summed E-state index contributed by atoms with van der Waals surface area (Å²) >= 11 is 1.69. The molecular weight excluding hydrogens is 416 g/mol. The average molecular weight is 436 g/mol. The van der Waals surface area contributed by atoms with Crippen molar-refractivity contribution in [3.8, 4) is 11.3 Å². The fraction of sp³-hybridized carbons (Fsp3) is 0.182. The zero-order chi connectivity index (χ0) is 21.8. The van der Waals surface area contributed by atoms with Crippen LogP contribution in [0.5, 0.6) is 0 Å². The summed E-state index contributed by atoms with van der Waals surface area (Å²) in [5.41, 5.74) is 2.41. The van der Waals surface area contributed by atoms with E-state index in [1.807, 2.05) is 30.5 Å². The number of rotatable bonds is 8. The number of nitro groups is 1. The highest BCUT2D eigenvalue weighted by molar-refractivity contribution is 7.98. The smallest absolute Gasteiger partial charge is 0.287 e. The number of carbonyl (C=O) groups is 1. The number of non-ortho nitro benzene ring substituents is 1. The molecule has 2 aromatic carbocycles. The first-order valence-corrected chi connectivity index (χ1v) is 11.0. The molecule has 0 aliphatic carbocycles. The molecule has 0 bridgehead atoms. The standard InChI is InChI=1S/C22H20N4O4S/c1-31-13-12-18(21-23-16-4-2-3-5-17(16)24-21)25-22(27)20-11-10-19(30-20)14-6-8-15(9-7-14)26(28)29/h2-11,18H,12-13H2,1H3,(H,23,24)(H,25,27)/t18-/m1/s1. The molecule has 1 atom stereocenters. The number of furan rings is 1. The van der Waals surface area contributed by atoms with Crippen molar-refractivity contribution in [2.75, 3.05) is 12.0 Å². The molecule has 2 N–H and O–H groups in total. The Balaban J connectivity index is 1.52. The molecule has 0 spiro atoms. The molecule has 0 radical (unpaired) electrons. The minimum atomic E-state index is -0.461. The number of thioether (sulfide) groups is 1. The van der Waals surface area contributed by atoms with Crippen LogP contribution in [0.15, 0.2) is 65.1 Å². The summed E-state index contributed by atoms with van der Waals surface area (Å²) in [5, 5.41) is 13.8. The van der Waals surface area contributed by atoms with Crippen LogP contribution in [0.4, 0.5) is 5.69 Å². The number of hydrogen-bond acceptors (Lipinski definition) is 6. The lowest BCUT2D eigenvalue weighted by atomic mass is 10.1.